The van der Waals surface area contributed by atoms with E-state index in [0.29, 0.717) is 0 Å². The number of likely N-dealkylation sites (tertiary alicyclic amines) is 1. The molecule has 3 nitrogen and oxygen atoms in total. The molecule has 0 aliphatic carbocycles. The minimum atomic E-state index is 0.845. The first-order valence-corrected chi connectivity index (χ1v) is 4.66. The van der Waals surface area contributed by atoms with E-state index in [4.69, 9.17) is 0 Å². The van der Waals surface area contributed by atoms with Gasteiger partial charge in [-0.3, -0.25) is 0 Å². The van der Waals surface area contributed by atoms with Crippen molar-refractivity contribution >= 4 is 6.01 Å². The SMILES string of the molecule is CN=C=NCCN1CCCCC1. The first-order chi connectivity index (χ1) is 5.93. The molecule has 0 saturated carbocycles. The molecule has 0 amide bonds. The zero-order valence-electron chi connectivity index (χ0n) is 7.79. The van der Waals surface area contributed by atoms with E-state index in [9.17, 15) is 0 Å². The molecule has 0 aromatic heterocycles. The van der Waals surface area contributed by atoms with Crippen LogP contribution < -0.4 is 0 Å². The second kappa shape index (κ2) is 5.92. The molecule has 1 aliphatic heterocycles. The average Bonchev–Trinajstić information content (AvgIpc) is 2.14. The van der Waals surface area contributed by atoms with Crippen molar-refractivity contribution < 1.29 is 0 Å². The third-order valence-corrected chi connectivity index (χ3v) is 2.15. The van der Waals surface area contributed by atoms with Crippen LogP contribution in [0, 0.1) is 0 Å². The highest BCUT2D eigenvalue weighted by Crippen LogP contribution is 2.07. The van der Waals surface area contributed by atoms with Crippen molar-refractivity contribution in [1.29, 1.82) is 0 Å². The molecule has 0 unspecified atom stereocenters. The standard InChI is InChI=1S/C9H17N3/c1-10-9-11-5-8-12-6-3-2-4-7-12/h2-8H2,1H3. The topological polar surface area (TPSA) is 28.0 Å². The van der Waals surface area contributed by atoms with E-state index in [1.165, 1.54) is 32.4 Å². The fourth-order valence-corrected chi connectivity index (χ4v) is 1.50. The molecule has 1 fully saturated rings. The van der Waals surface area contributed by atoms with Gasteiger partial charge in [-0.1, -0.05) is 6.42 Å². The summed E-state index contributed by atoms with van der Waals surface area (Å²) >= 11 is 0. The molecule has 0 N–H and O–H groups in total. The van der Waals surface area contributed by atoms with Crippen LogP contribution in [0.15, 0.2) is 9.98 Å². The fraction of sp³-hybridized carbons (Fsp3) is 0.889. The Kier molecular flexibility index (Phi) is 4.65. The maximum Gasteiger partial charge on any atom is 0.0890 e. The van der Waals surface area contributed by atoms with Crippen molar-refractivity contribution in [3.63, 3.8) is 0 Å². The molecule has 1 saturated heterocycles. The highest BCUT2D eigenvalue weighted by atomic mass is 15.1. The van der Waals surface area contributed by atoms with Crippen LogP contribution in [-0.4, -0.2) is 44.1 Å². The third kappa shape index (κ3) is 3.65. The molecule has 0 spiro atoms. The number of aliphatic imine (C=N–C) groups is 2. The fourth-order valence-electron chi connectivity index (χ4n) is 1.50. The van der Waals surface area contributed by atoms with Gasteiger partial charge in [-0.15, -0.1) is 0 Å². The summed E-state index contributed by atoms with van der Waals surface area (Å²) in [4.78, 5) is 10.2. The summed E-state index contributed by atoms with van der Waals surface area (Å²) < 4.78 is 0. The van der Waals surface area contributed by atoms with Gasteiger partial charge in [0, 0.05) is 13.6 Å². The summed E-state index contributed by atoms with van der Waals surface area (Å²) in [6.45, 7) is 4.41. The molecule has 0 atom stereocenters. The van der Waals surface area contributed by atoms with Crippen LogP contribution in [0.4, 0.5) is 0 Å². The number of nitrogens with zero attached hydrogens (tertiary/aromatic N) is 3. The Bertz CT molecular complexity index is 165. The van der Waals surface area contributed by atoms with Crippen LogP contribution in [0.2, 0.25) is 0 Å². The Morgan fingerprint density at radius 3 is 2.67 bits per heavy atom. The minimum Gasteiger partial charge on any atom is -0.301 e. The zero-order valence-corrected chi connectivity index (χ0v) is 7.79. The van der Waals surface area contributed by atoms with E-state index in [1.54, 1.807) is 7.05 Å². The molecule has 3 heteroatoms. The van der Waals surface area contributed by atoms with E-state index in [1.807, 2.05) is 0 Å². The average molecular weight is 167 g/mol. The molecule has 1 rings (SSSR count). The molecule has 0 radical (unpaired) electrons. The molecule has 68 valence electrons. The van der Waals surface area contributed by atoms with Crippen LogP contribution in [0.5, 0.6) is 0 Å². The van der Waals surface area contributed by atoms with Gasteiger partial charge in [0.05, 0.1) is 12.6 Å². The molecule has 12 heavy (non-hydrogen) atoms. The molecular weight excluding hydrogens is 150 g/mol. The highest BCUT2D eigenvalue weighted by Gasteiger charge is 2.07. The van der Waals surface area contributed by atoms with Crippen LogP contribution in [0.3, 0.4) is 0 Å². The lowest BCUT2D eigenvalue weighted by atomic mass is 10.1. The third-order valence-electron chi connectivity index (χ3n) is 2.15. The second-order valence-corrected chi connectivity index (χ2v) is 3.11. The van der Waals surface area contributed by atoms with E-state index in [2.05, 4.69) is 20.9 Å². The lowest BCUT2D eigenvalue weighted by Crippen LogP contribution is -2.31. The molecule has 0 aromatic rings. The smallest absolute Gasteiger partial charge is 0.0890 e. The van der Waals surface area contributed by atoms with Crippen molar-refractivity contribution in [2.24, 2.45) is 9.98 Å². The van der Waals surface area contributed by atoms with E-state index in [-0.39, 0.29) is 0 Å². The first-order valence-electron chi connectivity index (χ1n) is 4.66. The Labute approximate surface area is 74.2 Å². The maximum absolute atomic E-state index is 4.03. The van der Waals surface area contributed by atoms with Gasteiger partial charge >= 0.3 is 0 Å². The van der Waals surface area contributed by atoms with Gasteiger partial charge in [-0.05, 0) is 25.9 Å². The summed E-state index contributed by atoms with van der Waals surface area (Å²) in [7, 11) is 1.70. The van der Waals surface area contributed by atoms with Crippen molar-refractivity contribution in [2.45, 2.75) is 19.3 Å². The molecule has 0 aromatic carbocycles. The van der Waals surface area contributed by atoms with Crippen LogP contribution in [-0.2, 0) is 0 Å². The van der Waals surface area contributed by atoms with Gasteiger partial charge in [0.15, 0.2) is 0 Å². The number of hydrogen-bond acceptors (Lipinski definition) is 3. The Hall–Kier alpha value is -0.660. The normalized spacial score (nSPS) is 18.4. The molecular formula is C9H17N3. The first kappa shape index (κ1) is 9.43. The number of hydrogen-bond donors (Lipinski definition) is 0. The lowest BCUT2D eigenvalue weighted by molar-refractivity contribution is 0.235. The summed E-state index contributed by atoms with van der Waals surface area (Å²) in [5.74, 6) is 0. The quantitative estimate of drug-likeness (QED) is 0.582. The second-order valence-electron chi connectivity index (χ2n) is 3.11. The van der Waals surface area contributed by atoms with E-state index in [0.717, 1.165) is 13.1 Å². The summed E-state index contributed by atoms with van der Waals surface area (Å²) in [5.41, 5.74) is 0. The maximum atomic E-state index is 4.03. The molecule has 0 bridgehead atoms. The summed E-state index contributed by atoms with van der Waals surface area (Å²) in [6.07, 6.45) is 4.10. The lowest BCUT2D eigenvalue weighted by Gasteiger charge is -2.25. The Balaban J connectivity index is 2.09. The highest BCUT2D eigenvalue weighted by molar-refractivity contribution is 5.40. The summed E-state index contributed by atoms with van der Waals surface area (Å²) in [5, 5.41) is 0. The predicted molar refractivity (Wildman–Crippen MR) is 50.9 cm³/mol. The van der Waals surface area contributed by atoms with Gasteiger partial charge < -0.3 is 4.90 Å². The van der Waals surface area contributed by atoms with Gasteiger partial charge in [-0.25, -0.2) is 9.98 Å². The van der Waals surface area contributed by atoms with Crippen molar-refractivity contribution in [3.8, 4) is 0 Å². The Morgan fingerprint density at radius 2 is 2.00 bits per heavy atom. The van der Waals surface area contributed by atoms with Gasteiger partial charge in [0.1, 0.15) is 0 Å². The van der Waals surface area contributed by atoms with Crippen LogP contribution in [0.25, 0.3) is 0 Å². The molecule has 1 heterocycles. The van der Waals surface area contributed by atoms with Gasteiger partial charge in [0.25, 0.3) is 0 Å². The molecule has 1 aliphatic rings. The minimum absolute atomic E-state index is 0.845. The van der Waals surface area contributed by atoms with Crippen molar-refractivity contribution in [3.05, 3.63) is 0 Å². The predicted octanol–water partition coefficient (Wildman–Crippen LogP) is 1.28. The van der Waals surface area contributed by atoms with E-state index < -0.39 is 0 Å². The van der Waals surface area contributed by atoms with Crippen LogP contribution >= 0.6 is 0 Å². The number of piperidine rings is 1. The Morgan fingerprint density at radius 1 is 1.25 bits per heavy atom. The monoisotopic (exact) mass is 167 g/mol. The van der Waals surface area contributed by atoms with Gasteiger partial charge in [0.2, 0.25) is 0 Å². The van der Waals surface area contributed by atoms with Gasteiger partial charge in [-0.2, -0.15) is 0 Å². The van der Waals surface area contributed by atoms with Crippen molar-refractivity contribution in [2.75, 3.05) is 33.2 Å². The zero-order chi connectivity index (χ0) is 8.65. The number of rotatable bonds is 3. The summed E-state index contributed by atoms with van der Waals surface area (Å²) in [6, 6.07) is 2.61. The largest absolute Gasteiger partial charge is 0.301 e. The van der Waals surface area contributed by atoms with E-state index >= 15 is 0 Å². The van der Waals surface area contributed by atoms with Crippen molar-refractivity contribution in [1.82, 2.24) is 4.90 Å². The van der Waals surface area contributed by atoms with Crippen LogP contribution in [0.1, 0.15) is 19.3 Å².